The van der Waals surface area contributed by atoms with Gasteiger partial charge in [0.25, 0.3) is 0 Å². The minimum Gasteiger partial charge on any atom is -0.490 e. The van der Waals surface area contributed by atoms with E-state index in [9.17, 15) is 31.5 Å². The van der Waals surface area contributed by atoms with Gasteiger partial charge in [-0.1, -0.05) is 12.1 Å². The highest BCUT2D eigenvalue weighted by atomic mass is 32.2. The lowest BCUT2D eigenvalue weighted by Crippen LogP contribution is -2.42. The van der Waals surface area contributed by atoms with Crippen molar-refractivity contribution < 1.29 is 36.2 Å². The number of hydrogen-bond acceptors (Lipinski definition) is 4. The third kappa shape index (κ3) is 4.70. The fraction of sp³-hybridized carbons (Fsp3) is 0.316. The van der Waals surface area contributed by atoms with E-state index in [2.05, 4.69) is 0 Å². The number of alkyl halides is 3. The topological polar surface area (TPSA) is 83.9 Å². The van der Waals surface area contributed by atoms with Crippen LogP contribution in [0.2, 0.25) is 0 Å². The molecule has 0 atom stereocenters. The van der Waals surface area contributed by atoms with Crippen LogP contribution in [0.5, 0.6) is 5.75 Å². The molecule has 1 N–H and O–H groups in total. The van der Waals surface area contributed by atoms with Crippen LogP contribution in [0.4, 0.5) is 13.2 Å². The number of sulfonamides is 1. The Labute approximate surface area is 165 Å². The lowest BCUT2D eigenvalue weighted by molar-refractivity contribution is -0.137. The molecule has 1 saturated heterocycles. The summed E-state index contributed by atoms with van der Waals surface area (Å²) in [5.74, 6) is -1.06. The zero-order chi connectivity index (χ0) is 21.2. The SMILES string of the molecule is O=C(O)c1ccccc1S(=O)(=O)N1CCC(Oc2ccc(C(F)(F)F)cc2)CC1. The highest BCUT2D eigenvalue weighted by Crippen LogP contribution is 2.31. The lowest BCUT2D eigenvalue weighted by atomic mass is 10.1. The minimum absolute atomic E-state index is 0.113. The Morgan fingerprint density at radius 1 is 1.03 bits per heavy atom. The molecule has 0 amide bonds. The maximum atomic E-state index is 12.8. The lowest BCUT2D eigenvalue weighted by Gasteiger charge is -2.31. The van der Waals surface area contributed by atoms with Gasteiger partial charge in [0.05, 0.1) is 16.0 Å². The van der Waals surface area contributed by atoms with Crippen LogP contribution in [0.3, 0.4) is 0 Å². The van der Waals surface area contributed by atoms with Crippen molar-refractivity contribution in [3.05, 3.63) is 59.7 Å². The molecule has 0 unspecified atom stereocenters. The Morgan fingerprint density at radius 2 is 1.62 bits per heavy atom. The summed E-state index contributed by atoms with van der Waals surface area (Å²) >= 11 is 0. The summed E-state index contributed by atoms with van der Waals surface area (Å²) in [5, 5.41) is 9.23. The van der Waals surface area contributed by atoms with Gasteiger partial charge in [0.15, 0.2) is 0 Å². The van der Waals surface area contributed by atoms with Crippen molar-refractivity contribution in [1.82, 2.24) is 4.31 Å². The molecule has 0 bridgehead atoms. The van der Waals surface area contributed by atoms with Crippen LogP contribution >= 0.6 is 0 Å². The van der Waals surface area contributed by atoms with Crippen LogP contribution in [-0.2, 0) is 16.2 Å². The number of benzene rings is 2. The van der Waals surface area contributed by atoms with Gasteiger partial charge in [0, 0.05) is 13.1 Å². The molecule has 10 heteroatoms. The predicted molar refractivity (Wildman–Crippen MR) is 97.3 cm³/mol. The zero-order valence-electron chi connectivity index (χ0n) is 15.1. The predicted octanol–water partition coefficient (Wildman–Crippen LogP) is 3.64. The number of nitrogens with zero attached hydrogens (tertiary/aromatic N) is 1. The van der Waals surface area contributed by atoms with Gasteiger partial charge in [-0.15, -0.1) is 0 Å². The van der Waals surface area contributed by atoms with E-state index in [0.717, 1.165) is 12.1 Å². The van der Waals surface area contributed by atoms with E-state index in [1.165, 1.54) is 40.7 Å². The molecule has 1 aliphatic rings. The molecule has 0 spiro atoms. The first-order valence-corrected chi connectivity index (χ1v) is 10.2. The Hall–Kier alpha value is -2.59. The molecule has 1 heterocycles. The Morgan fingerprint density at radius 3 is 2.17 bits per heavy atom. The van der Waals surface area contributed by atoms with E-state index >= 15 is 0 Å². The second-order valence-corrected chi connectivity index (χ2v) is 8.45. The summed E-state index contributed by atoms with van der Waals surface area (Å²) in [6.45, 7) is 0.225. The number of carbonyl (C=O) groups is 1. The summed E-state index contributed by atoms with van der Waals surface area (Å²) in [5.41, 5.74) is -1.07. The summed E-state index contributed by atoms with van der Waals surface area (Å²) in [7, 11) is -3.98. The smallest absolute Gasteiger partial charge is 0.416 e. The molecule has 156 valence electrons. The number of carboxylic acids is 1. The van der Waals surface area contributed by atoms with Gasteiger partial charge in [0.1, 0.15) is 11.9 Å². The molecule has 0 saturated carbocycles. The van der Waals surface area contributed by atoms with Crippen LogP contribution in [-0.4, -0.2) is 43.0 Å². The quantitative estimate of drug-likeness (QED) is 0.785. The van der Waals surface area contributed by atoms with Gasteiger partial charge >= 0.3 is 12.1 Å². The summed E-state index contributed by atoms with van der Waals surface area (Å²) in [6.07, 6.45) is -4.12. The molecule has 0 radical (unpaired) electrons. The van der Waals surface area contributed by atoms with E-state index in [0.29, 0.717) is 12.8 Å². The number of rotatable bonds is 5. The van der Waals surface area contributed by atoms with Crippen LogP contribution in [0.1, 0.15) is 28.8 Å². The second kappa shape index (κ2) is 8.03. The summed E-state index contributed by atoms with van der Waals surface area (Å²) < 4.78 is 70.3. The van der Waals surface area contributed by atoms with Crippen molar-refractivity contribution in [2.45, 2.75) is 30.0 Å². The standard InChI is InChI=1S/C19H18F3NO5S/c20-19(21,22)13-5-7-14(8-6-13)28-15-9-11-23(12-10-15)29(26,27)17-4-2-1-3-16(17)18(24)25/h1-8,15H,9-12H2,(H,24,25). The first-order chi connectivity index (χ1) is 13.6. The number of ether oxygens (including phenoxy) is 1. The van der Waals surface area contributed by atoms with E-state index in [1.54, 1.807) is 0 Å². The number of piperidine rings is 1. The molecule has 2 aromatic carbocycles. The van der Waals surface area contributed by atoms with Crippen LogP contribution < -0.4 is 4.74 Å². The van der Waals surface area contributed by atoms with Crippen molar-refractivity contribution >= 4 is 16.0 Å². The first kappa shape index (κ1) is 21.1. The molecule has 0 aliphatic carbocycles. The number of halogens is 3. The normalized spacial score (nSPS) is 16.5. The van der Waals surface area contributed by atoms with Crippen molar-refractivity contribution in [3.63, 3.8) is 0 Å². The zero-order valence-corrected chi connectivity index (χ0v) is 15.9. The summed E-state index contributed by atoms with van der Waals surface area (Å²) in [4.78, 5) is 11.1. The van der Waals surface area contributed by atoms with Gasteiger partial charge in [-0.05, 0) is 49.2 Å². The number of hydrogen-bond donors (Lipinski definition) is 1. The minimum atomic E-state index is -4.43. The molecular formula is C19H18F3NO5S. The molecule has 3 rings (SSSR count). The Kier molecular flexibility index (Phi) is 5.85. The van der Waals surface area contributed by atoms with E-state index in [1.807, 2.05) is 0 Å². The van der Waals surface area contributed by atoms with Gasteiger partial charge in [-0.3, -0.25) is 0 Å². The molecule has 0 aromatic heterocycles. The second-order valence-electron chi connectivity index (χ2n) is 6.54. The summed E-state index contributed by atoms with van der Waals surface area (Å²) in [6, 6.07) is 9.71. The van der Waals surface area contributed by atoms with Gasteiger partial charge < -0.3 is 9.84 Å². The highest BCUT2D eigenvalue weighted by Gasteiger charge is 2.33. The molecular weight excluding hydrogens is 411 g/mol. The average Bonchev–Trinajstić information content (AvgIpc) is 2.68. The molecule has 2 aromatic rings. The highest BCUT2D eigenvalue weighted by molar-refractivity contribution is 7.89. The average molecular weight is 429 g/mol. The molecule has 6 nitrogen and oxygen atoms in total. The molecule has 1 aliphatic heterocycles. The van der Waals surface area contributed by atoms with Crippen molar-refractivity contribution in [2.24, 2.45) is 0 Å². The molecule has 29 heavy (non-hydrogen) atoms. The Balaban J connectivity index is 1.65. The number of aromatic carboxylic acids is 1. The van der Waals surface area contributed by atoms with Crippen LogP contribution in [0.15, 0.2) is 53.4 Å². The third-order valence-electron chi connectivity index (χ3n) is 4.62. The Bertz CT molecular complexity index is 982. The third-order valence-corrected chi connectivity index (χ3v) is 6.58. The van der Waals surface area contributed by atoms with Crippen molar-refractivity contribution in [2.75, 3.05) is 13.1 Å². The van der Waals surface area contributed by atoms with Crippen molar-refractivity contribution in [3.8, 4) is 5.75 Å². The van der Waals surface area contributed by atoms with Crippen LogP contribution in [0.25, 0.3) is 0 Å². The van der Waals surface area contributed by atoms with E-state index in [4.69, 9.17) is 4.74 Å². The maximum Gasteiger partial charge on any atom is 0.416 e. The van der Waals surface area contributed by atoms with Gasteiger partial charge in [-0.2, -0.15) is 17.5 Å². The van der Waals surface area contributed by atoms with Crippen LogP contribution in [0, 0.1) is 0 Å². The van der Waals surface area contributed by atoms with E-state index in [-0.39, 0.29) is 35.4 Å². The number of carboxylic acid groups (broad SMARTS) is 1. The monoisotopic (exact) mass is 429 g/mol. The van der Waals surface area contributed by atoms with Crippen molar-refractivity contribution in [1.29, 1.82) is 0 Å². The fourth-order valence-corrected chi connectivity index (χ4v) is 4.77. The van der Waals surface area contributed by atoms with Gasteiger partial charge in [0.2, 0.25) is 10.0 Å². The van der Waals surface area contributed by atoms with E-state index < -0.39 is 27.7 Å². The largest absolute Gasteiger partial charge is 0.490 e. The molecule has 1 fully saturated rings. The first-order valence-electron chi connectivity index (χ1n) is 8.75. The maximum absolute atomic E-state index is 12.8. The van der Waals surface area contributed by atoms with Gasteiger partial charge in [-0.25, -0.2) is 13.2 Å². The fourth-order valence-electron chi connectivity index (χ4n) is 3.11.